The fraction of sp³-hybridized carbons (Fsp3) is 0. The van der Waals surface area contributed by atoms with Gasteiger partial charge in [0.05, 0.1) is 5.69 Å². The molecule has 0 amide bonds. The van der Waals surface area contributed by atoms with Gasteiger partial charge in [-0.3, -0.25) is 4.55 Å². The highest BCUT2D eigenvalue weighted by Crippen LogP contribution is 2.30. The molecule has 0 aromatic heterocycles. The molecule has 0 radical (unpaired) electrons. The van der Waals surface area contributed by atoms with E-state index in [1.54, 1.807) is 12.1 Å². The maximum atomic E-state index is 10.5. The summed E-state index contributed by atoms with van der Waals surface area (Å²) < 4.78 is 23.7. The first-order chi connectivity index (χ1) is 7.18. The summed E-state index contributed by atoms with van der Waals surface area (Å²) in [6.07, 6.45) is 0. The molecule has 3 N–H and O–H groups in total. The minimum atomic E-state index is -2.35. The molecule has 78 valence electrons. The number of fused-ring (bicyclic) bond motifs is 1. The average molecular weight is 223 g/mol. The minimum absolute atomic E-state index is 0.217. The van der Waals surface area contributed by atoms with Crippen LogP contribution in [0.4, 0.5) is 5.69 Å². The maximum Gasteiger partial charge on any atom is 0.357 e. The Bertz CT molecular complexity index is 527. The van der Waals surface area contributed by atoms with Crippen molar-refractivity contribution in [1.82, 2.24) is 0 Å². The SMILES string of the molecule is Nc1c(OS(=O)O)ccc2ccccc12. The third-order valence-electron chi connectivity index (χ3n) is 2.09. The predicted molar refractivity (Wildman–Crippen MR) is 59.8 cm³/mol. The lowest BCUT2D eigenvalue weighted by atomic mass is 10.1. The van der Waals surface area contributed by atoms with Gasteiger partial charge in [0.25, 0.3) is 0 Å². The van der Waals surface area contributed by atoms with Crippen molar-refractivity contribution in [3.8, 4) is 5.75 Å². The van der Waals surface area contributed by atoms with E-state index in [9.17, 15) is 4.21 Å². The van der Waals surface area contributed by atoms with Crippen LogP contribution in [0.15, 0.2) is 36.4 Å². The average Bonchev–Trinajstić information content (AvgIpc) is 2.22. The molecule has 0 fully saturated rings. The Kier molecular flexibility index (Phi) is 2.57. The summed E-state index contributed by atoms with van der Waals surface area (Å²) in [4.78, 5) is 0. The Morgan fingerprint density at radius 1 is 1.20 bits per heavy atom. The van der Waals surface area contributed by atoms with Gasteiger partial charge in [-0.25, -0.2) is 0 Å². The van der Waals surface area contributed by atoms with Crippen molar-refractivity contribution in [2.24, 2.45) is 0 Å². The molecular weight excluding hydrogens is 214 g/mol. The number of nitrogens with two attached hydrogens (primary N) is 1. The van der Waals surface area contributed by atoms with E-state index in [4.69, 9.17) is 10.3 Å². The van der Waals surface area contributed by atoms with E-state index in [1.165, 1.54) is 0 Å². The monoisotopic (exact) mass is 223 g/mol. The summed E-state index contributed by atoms with van der Waals surface area (Å²) in [5, 5.41) is 1.77. The number of hydrogen-bond acceptors (Lipinski definition) is 3. The van der Waals surface area contributed by atoms with Crippen LogP contribution in [0, 0.1) is 0 Å². The van der Waals surface area contributed by atoms with Crippen molar-refractivity contribution in [3.63, 3.8) is 0 Å². The van der Waals surface area contributed by atoms with Crippen LogP contribution < -0.4 is 9.92 Å². The highest BCUT2D eigenvalue weighted by Gasteiger charge is 2.07. The molecule has 1 atom stereocenters. The molecule has 0 spiro atoms. The lowest BCUT2D eigenvalue weighted by Crippen LogP contribution is -2.01. The summed E-state index contributed by atoms with van der Waals surface area (Å²) >= 11 is -2.35. The van der Waals surface area contributed by atoms with Crippen LogP contribution in [0.25, 0.3) is 10.8 Å². The van der Waals surface area contributed by atoms with E-state index in [0.29, 0.717) is 5.69 Å². The van der Waals surface area contributed by atoms with Gasteiger partial charge in [0.1, 0.15) is 0 Å². The smallest absolute Gasteiger partial charge is 0.357 e. The van der Waals surface area contributed by atoms with E-state index in [1.807, 2.05) is 24.3 Å². The van der Waals surface area contributed by atoms with Gasteiger partial charge >= 0.3 is 11.4 Å². The van der Waals surface area contributed by atoms with E-state index in [0.717, 1.165) is 10.8 Å². The summed E-state index contributed by atoms with van der Waals surface area (Å²) in [6, 6.07) is 10.8. The normalized spacial score (nSPS) is 12.6. The summed E-state index contributed by atoms with van der Waals surface area (Å²) in [6.45, 7) is 0. The fourth-order valence-corrected chi connectivity index (χ4v) is 1.72. The highest BCUT2D eigenvalue weighted by molar-refractivity contribution is 7.74. The molecule has 4 nitrogen and oxygen atoms in total. The Morgan fingerprint density at radius 3 is 2.67 bits per heavy atom. The largest absolute Gasteiger partial charge is 0.395 e. The molecule has 15 heavy (non-hydrogen) atoms. The van der Waals surface area contributed by atoms with Gasteiger partial charge < -0.3 is 9.92 Å². The third kappa shape index (κ3) is 1.93. The van der Waals surface area contributed by atoms with Crippen LogP contribution in [0.2, 0.25) is 0 Å². The first kappa shape index (κ1) is 9.95. The molecular formula is C10H9NO3S. The number of anilines is 1. The first-order valence-corrected chi connectivity index (χ1v) is 5.28. The van der Waals surface area contributed by atoms with E-state index in [-0.39, 0.29) is 5.75 Å². The standard InChI is InChI=1S/C10H9NO3S/c11-10-8-4-2-1-3-7(8)5-6-9(10)14-15(12)13/h1-6H,11H2,(H,12,13). The van der Waals surface area contributed by atoms with Gasteiger partial charge in [-0.1, -0.05) is 30.3 Å². The third-order valence-corrected chi connectivity index (χ3v) is 2.41. The lowest BCUT2D eigenvalue weighted by Gasteiger charge is -2.07. The zero-order valence-electron chi connectivity index (χ0n) is 7.71. The Hall–Kier alpha value is -1.59. The van der Waals surface area contributed by atoms with Gasteiger partial charge in [0.2, 0.25) is 0 Å². The minimum Gasteiger partial charge on any atom is -0.395 e. The predicted octanol–water partition coefficient (Wildman–Crippen LogP) is 1.94. The zero-order chi connectivity index (χ0) is 10.8. The molecule has 2 aromatic rings. The Labute approximate surface area is 89.2 Å². The van der Waals surface area contributed by atoms with Gasteiger partial charge in [0.15, 0.2) is 5.75 Å². The maximum absolute atomic E-state index is 10.5. The van der Waals surface area contributed by atoms with Crippen molar-refractivity contribution in [2.45, 2.75) is 0 Å². The van der Waals surface area contributed by atoms with Crippen molar-refractivity contribution in [1.29, 1.82) is 0 Å². The fourth-order valence-electron chi connectivity index (χ4n) is 1.43. The summed E-state index contributed by atoms with van der Waals surface area (Å²) in [5.74, 6) is 0.217. The number of hydrogen-bond donors (Lipinski definition) is 2. The quantitative estimate of drug-likeness (QED) is 0.602. The lowest BCUT2D eigenvalue weighted by molar-refractivity contribution is 0.459. The molecule has 0 saturated heterocycles. The molecule has 0 saturated carbocycles. The van der Waals surface area contributed by atoms with Gasteiger partial charge in [-0.2, -0.15) is 4.21 Å². The van der Waals surface area contributed by atoms with Crippen LogP contribution in [0.1, 0.15) is 0 Å². The molecule has 0 heterocycles. The molecule has 0 aliphatic heterocycles. The topological polar surface area (TPSA) is 72.5 Å². The van der Waals surface area contributed by atoms with E-state index in [2.05, 4.69) is 4.18 Å². The second-order valence-electron chi connectivity index (χ2n) is 3.00. The molecule has 5 heteroatoms. The molecule has 2 rings (SSSR count). The first-order valence-electron chi connectivity index (χ1n) is 4.25. The van der Waals surface area contributed by atoms with Crippen molar-refractivity contribution in [3.05, 3.63) is 36.4 Å². The number of nitrogen functional groups attached to an aromatic ring is 1. The van der Waals surface area contributed by atoms with Crippen LogP contribution in [0.3, 0.4) is 0 Å². The van der Waals surface area contributed by atoms with Crippen LogP contribution in [-0.2, 0) is 11.4 Å². The van der Waals surface area contributed by atoms with Gasteiger partial charge in [0, 0.05) is 5.39 Å². The molecule has 2 aromatic carbocycles. The molecule has 0 aliphatic carbocycles. The van der Waals surface area contributed by atoms with Crippen LogP contribution in [-0.4, -0.2) is 8.76 Å². The summed E-state index contributed by atoms with van der Waals surface area (Å²) in [5.41, 5.74) is 6.17. The zero-order valence-corrected chi connectivity index (χ0v) is 8.53. The Morgan fingerprint density at radius 2 is 1.93 bits per heavy atom. The second kappa shape index (κ2) is 3.88. The number of benzene rings is 2. The van der Waals surface area contributed by atoms with Crippen molar-refractivity contribution < 1.29 is 12.9 Å². The number of rotatable bonds is 2. The second-order valence-corrected chi connectivity index (χ2v) is 3.60. The van der Waals surface area contributed by atoms with Crippen LogP contribution in [0.5, 0.6) is 5.75 Å². The Balaban J connectivity index is 2.59. The van der Waals surface area contributed by atoms with Crippen molar-refractivity contribution in [2.75, 3.05) is 5.73 Å². The van der Waals surface area contributed by atoms with Crippen molar-refractivity contribution >= 4 is 27.8 Å². The molecule has 0 aliphatic rings. The van der Waals surface area contributed by atoms with Gasteiger partial charge in [-0.15, -0.1) is 0 Å². The van der Waals surface area contributed by atoms with E-state index < -0.39 is 11.4 Å². The summed E-state index contributed by atoms with van der Waals surface area (Å²) in [7, 11) is 0. The van der Waals surface area contributed by atoms with E-state index >= 15 is 0 Å². The molecule has 1 unspecified atom stereocenters. The van der Waals surface area contributed by atoms with Gasteiger partial charge in [-0.05, 0) is 11.5 Å². The highest BCUT2D eigenvalue weighted by atomic mass is 32.2. The van der Waals surface area contributed by atoms with Crippen LogP contribution >= 0.6 is 0 Å². The molecule has 0 bridgehead atoms.